The Bertz CT molecular complexity index is 1110. The molecule has 2 aromatic heterocycles. The molecule has 0 unspecified atom stereocenters. The summed E-state index contributed by atoms with van der Waals surface area (Å²) in [5.41, 5.74) is 2.71. The van der Waals surface area contributed by atoms with E-state index < -0.39 is 12.0 Å². The third kappa shape index (κ3) is 3.33. The first-order chi connectivity index (χ1) is 13.2. The number of carbonyl (C=O) groups is 1. The number of hydrogen-bond acceptors (Lipinski definition) is 6. The Kier molecular flexibility index (Phi) is 4.46. The number of aromatic nitrogens is 2. The van der Waals surface area contributed by atoms with Gasteiger partial charge in [-0.3, -0.25) is 0 Å². The van der Waals surface area contributed by atoms with Crippen LogP contribution in [0.2, 0.25) is 0 Å². The molecule has 4 aromatic rings. The summed E-state index contributed by atoms with van der Waals surface area (Å²) in [4.78, 5) is 20.8. The minimum absolute atomic E-state index is 0.274. The first-order valence-corrected chi connectivity index (χ1v) is 8.85. The molecule has 0 aliphatic heterocycles. The Balaban J connectivity index is 1.78. The highest BCUT2D eigenvalue weighted by Gasteiger charge is 2.19. The highest BCUT2D eigenvalue weighted by atomic mass is 16.4. The number of carboxylic acid groups (broad SMARTS) is 1. The van der Waals surface area contributed by atoms with E-state index in [2.05, 4.69) is 15.3 Å². The Morgan fingerprint density at radius 2 is 1.85 bits per heavy atom. The SMILES string of the molecule is CCc1nc(N[C@@H](Cc2ccccc2)C(=O)[O-])c2oc3ccccc3c2n1. The molecule has 6 heteroatoms. The van der Waals surface area contributed by atoms with Crippen LogP contribution in [0.25, 0.3) is 22.1 Å². The molecular formula is C21H18N3O3-. The molecule has 136 valence electrons. The number of hydrogen-bond donors (Lipinski definition) is 1. The maximum Gasteiger partial charge on any atom is 0.196 e. The number of rotatable bonds is 6. The number of carbonyl (C=O) groups excluding carboxylic acids is 1. The van der Waals surface area contributed by atoms with Gasteiger partial charge in [0.1, 0.15) is 16.9 Å². The van der Waals surface area contributed by atoms with E-state index in [1.807, 2.05) is 61.5 Å². The maximum atomic E-state index is 11.7. The van der Waals surface area contributed by atoms with Gasteiger partial charge < -0.3 is 19.6 Å². The molecular weight excluding hydrogens is 342 g/mol. The van der Waals surface area contributed by atoms with Crippen molar-refractivity contribution in [1.29, 1.82) is 0 Å². The van der Waals surface area contributed by atoms with E-state index in [4.69, 9.17) is 4.42 Å². The van der Waals surface area contributed by atoms with Crippen molar-refractivity contribution in [3.8, 4) is 0 Å². The molecule has 27 heavy (non-hydrogen) atoms. The normalized spacial score (nSPS) is 12.3. The van der Waals surface area contributed by atoms with Crippen molar-refractivity contribution < 1.29 is 14.3 Å². The molecule has 0 bridgehead atoms. The predicted octanol–water partition coefficient (Wildman–Crippen LogP) is 2.71. The smallest absolute Gasteiger partial charge is 0.196 e. The quantitative estimate of drug-likeness (QED) is 0.568. The monoisotopic (exact) mass is 360 g/mol. The van der Waals surface area contributed by atoms with Crippen molar-refractivity contribution in [2.45, 2.75) is 25.8 Å². The summed E-state index contributed by atoms with van der Waals surface area (Å²) in [5.74, 6) is -0.202. The van der Waals surface area contributed by atoms with Gasteiger partial charge >= 0.3 is 0 Å². The van der Waals surface area contributed by atoms with Gasteiger partial charge in [0, 0.05) is 11.8 Å². The number of benzene rings is 2. The largest absolute Gasteiger partial charge is 0.548 e. The van der Waals surface area contributed by atoms with E-state index >= 15 is 0 Å². The van der Waals surface area contributed by atoms with Crippen LogP contribution < -0.4 is 10.4 Å². The van der Waals surface area contributed by atoms with Gasteiger partial charge in [-0.15, -0.1) is 0 Å². The van der Waals surface area contributed by atoms with Crippen molar-refractivity contribution >= 4 is 33.9 Å². The minimum Gasteiger partial charge on any atom is -0.548 e. The van der Waals surface area contributed by atoms with Gasteiger partial charge in [-0.25, -0.2) is 9.97 Å². The fraction of sp³-hybridized carbons (Fsp3) is 0.190. The molecule has 0 aliphatic rings. The Hall–Kier alpha value is -3.41. The second-order valence-corrected chi connectivity index (χ2v) is 6.32. The zero-order chi connectivity index (χ0) is 18.8. The zero-order valence-electron chi connectivity index (χ0n) is 14.8. The molecule has 1 atom stereocenters. The van der Waals surface area contributed by atoms with Gasteiger partial charge in [-0.05, 0) is 24.1 Å². The van der Waals surface area contributed by atoms with Crippen LogP contribution in [0.5, 0.6) is 0 Å². The van der Waals surface area contributed by atoms with Gasteiger partial charge in [-0.1, -0.05) is 49.4 Å². The molecule has 0 saturated heterocycles. The number of fused-ring (bicyclic) bond motifs is 3. The molecule has 4 rings (SSSR count). The number of aryl methyl sites for hydroxylation is 1. The van der Waals surface area contributed by atoms with E-state index in [0.717, 1.165) is 10.9 Å². The van der Waals surface area contributed by atoms with Crippen LogP contribution in [0.1, 0.15) is 18.3 Å². The third-order valence-electron chi connectivity index (χ3n) is 4.46. The topological polar surface area (TPSA) is 91.1 Å². The van der Waals surface area contributed by atoms with Gasteiger partial charge in [0.15, 0.2) is 11.4 Å². The lowest BCUT2D eigenvalue weighted by atomic mass is 10.1. The van der Waals surface area contributed by atoms with Crippen molar-refractivity contribution in [3.63, 3.8) is 0 Å². The molecule has 2 aromatic carbocycles. The van der Waals surface area contributed by atoms with Crippen molar-refractivity contribution in [2.75, 3.05) is 5.32 Å². The van der Waals surface area contributed by atoms with Crippen molar-refractivity contribution in [2.24, 2.45) is 0 Å². The summed E-state index contributed by atoms with van der Waals surface area (Å²) in [6.45, 7) is 1.95. The number of nitrogens with zero attached hydrogens (tertiary/aromatic N) is 2. The van der Waals surface area contributed by atoms with Crippen LogP contribution >= 0.6 is 0 Å². The second-order valence-electron chi connectivity index (χ2n) is 6.32. The molecule has 0 radical (unpaired) electrons. The molecule has 0 saturated carbocycles. The zero-order valence-corrected chi connectivity index (χ0v) is 14.8. The van der Waals surface area contributed by atoms with E-state index in [1.54, 1.807) is 0 Å². The summed E-state index contributed by atoms with van der Waals surface area (Å²) in [5, 5.41) is 15.6. The molecule has 6 nitrogen and oxygen atoms in total. The molecule has 1 N–H and O–H groups in total. The van der Waals surface area contributed by atoms with Gasteiger partial charge in [0.2, 0.25) is 0 Å². The molecule has 0 aliphatic carbocycles. The third-order valence-corrected chi connectivity index (χ3v) is 4.46. The Morgan fingerprint density at radius 3 is 2.59 bits per heavy atom. The summed E-state index contributed by atoms with van der Waals surface area (Å²) in [7, 11) is 0. The lowest BCUT2D eigenvalue weighted by Crippen LogP contribution is -2.42. The predicted molar refractivity (Wildman–Crippen MR) is 101 cm³/mol. The molecule has 2 heterocycles. The summed E-state index contributed by atoms with van der Waals surface area (Å²) in [6.07, 6.45) is 0.898. The fourth-order valence-electron chi connectivity index (χ4n) is 3.10. The van der Waals surface area contributed by atoms with E-state index in [9.17, 15) is 9.90 Å². The van der Waals surface area contributed by atoms with E-state index in [-0.39, 0.29) is 6.42 Å². The van der Waals surface area contributed by atoms with E-state index in [0.29, 0.717) is 34.7 Å². The number of nitrogens with one attached hydrogen (secondary N) is 1. The number of aliphatic carboxylic acids is 1. The fourth-order valence-corrected chi connectivity index (χ4v) is 3.10. The number of para-hydroxylation sites is 1. The van der Waals surface area contributed by atoms with Gasteiger partial charge in [0.05, 0.1) is 12.0 Å². The molecule has 0 fully saturated rings. The van der Waals surface area contributed by atoms with Gasteiger partial charge in [0.25, 0.3) is 0 Å². The van der Waals surface area contributed by atoms with Crippen LogP contribution in [0.4, 0.5) is 5.82 Å². The minimum atomic E-state index is -1.19. The average molecular weight is 360 g/mol. The van der Waals surface area contributed by atoms with Crippen molar-refractivity contribution in [3.05, 3.63) is 66.0 Å². The van der Waals surface area contributed by atoms with Crippen LogP contribution in [-0.4, -0.2) is 22.0 Å². The van der Waals surface area contributed by atoms with Crippen LogP contribution in [-0.2, 0) is 17.6 Å². The standard InChI is InChI=1S/C21H19N3O3/c1-2-17-23-18-14-10-6-7-11-16(14)27-19(18)20(24-17)22-15(21(25)26)12-13-8-4-3-5-9-13/h3-11,15H,2,12H2,1H3,(H,25,26)(H,22,23,24)/p-1/t15-/m0/s1. The molecule has 0 amide bonds. The summed E-state index contributed by atoms with van der Waals surface area (Å²) in [6, 6.07) is 16.0. The van der Waals surface area contributed by atoms with Gasteiger partial charge in [-0.2, -0.15) is 0 Å². The van der Waals surface area contributed by atoms with E-state index in [1.165, 1.54) is 0 Å². The van der Waals surface area contributed by atoms with Crippen molar-refractivity contribution in [1.82, 2.24) is 9.97 Å². The second kappa shape index (κ2) is 7.07. The summed E-state index contributed by atoms with van der Waals surface area (Å²) < 4.78 is 5.91. The van der Waals surface area contributed by atoms with Crippen LogP contribution in [0.3, 0.4) is 0 Å². The Morgan fingerprint density at radius 1 is 1.11 bits per heavy atom. The number of carboxylic acids is 1. The first-order valence-electron chi connectivity index (χ1n) is 8.85. The lowest BCUT2D eigenvalue weighted by molar-refractivity contribution is -0.306. The number of furan rings is 1. The molecule has 0 spiro atoms. The first kappa shape index (κ1) is 17.0. The number of anilines is 1. The van der Waals surface area contributed by atoms with Crippen LogP contribution in [0.15, 0.2) is 59.0 Å². The summed E-state index contributed by atoms with van der Waals surface area (Å²) >= 11 is 0. The maximum absolute atomic E-state index is 11.7. The lowest BCUT2D eigenvalue weighted by Gasteiger charge is -2.20. The Labute approximate surface area is 155 Å². The van der Waals surface area contributed by atoms with Crippen LogP contribution in [0, 0.1) is 0 Å². The highest BCUT2D eigenvalue weighted by molar-refractivity contribution is 6.05. The highest BCUT2D eigenvalue weighted by Crippen LogP contribution is 2.31. The average Bonchev–Trinajstić information content (AvgIpc) is 3.07.